The number of likely N-dealkylation sites (tertiary alicyclic amines) is 1. The number of piperidine rings is 1. The standard InChI is InChI=1S/C21H31ClN2O3/c1-15(2)24(14-16-9-11-17(22)12-10-16)19(25)18-8-6-7-13-23(18)20(26)27-21(3,4)5/h9-12,15,18H,6-8,13-14H2,1-5H3/t18-/m1/s1. The maximum atomic E-state index is 13.3. The molecule has 0 radical (unpaired) electrons. The summed E-state index contributed by atoms with van der Waals surface area (Å²) in [4.78, 5) is 29.4. The van der Waals surface area contributed by atoms with Gasteiger partial charge >= 0.3 is 6.09 Å². The molecule has 0 aliphatic carbocycles. The van der Waals surface area contributed by atoms with Crippen LogP contribution in [0.5, 0.6) is 0 Å². The fourth-order valence-corrected chi connectivity index (χ4v) is 3.35. The number of benzene rings is 1. The van der Waals surface area contributed by atoms with Crippen molar-refractivity contribution in [1.82, 2.24) is 9.80 Å². The molecule has 2 rings (SSSR count). The van der Waals surface area contributed by atoms with Crippen LogP contribution in [0.2, 0.25) is 5.02 Å². The van der Waals surface area contributed by atoms with Crippen molar-refractivity contribution in [2.75, 3.05) is 6.54 Å². The second-order valence-corrected chi connectivity index (χ2v) is 8.81. The number of amides is 2. The summed E-state index contributed by atoms with van der Waals surface area (Å²) in [6, 6.07) is 7.06. The van der Waals surface area contributed by atoms with Gasteiger partial charge in [0.05, 0.1) is 0 Å². The van der Waals surface area contributed by atoms with Gasteiger partial charge in [-0.1, -0.05) is 23.7 Å². The first-order chi connectivity index (χ1) is 12.6. The van der Waals surface area contributed by atoms with Gasteiger partial charge in [0.15, 0.2) is 0 Å². The second kappa shape index (κ2) is 8.96. The summed E-state index contributed by atoms with van der Waals surface area (Å²) in [5.41, 5.74) is 0.435. The Hall–Kier alpha value is -1.75. The number of hydrogen-bond acceptors (Lipinski definition) is 3. The molecule has 5 nitrogen and oxygen atoms in total. The molecule has 6 heteroatoms. The van der Waals surface area contributed by atoms with Crippen LogP contribution in [0.1, 0.15) is 59.4 Å². The van der Waals surface area contributed by atoms with Gasteiger partial charge in [-0.05, 0) is 71.6 Å². The highest BCUT2D eigenvalue weighted by Gasteiger charge is 2.37. The van der Waals surface area contributed by atoms with Crippen LogP contribution in [0, 0.1) is 0 Å². The van der Waals surface area contributed by atoms with Crippen LogP contribution < -0.4 is 0 Å². The topological polar surface area (TPSA) is 49.9 Å². The molecule has 1 aliphatic rings. The highest BCUT2D eigenvalue weighted by molar-refractivity contribution is 6.30. The number of carbonyl (C=O) groups excluding carboxylic acids is 2. The Morgan fingerprint density at radius 2 is 1.85 bits per heavy atom. The average Bonchev–Trinajstić information content (AvgIpc) is 2.59. The molecular formula is C21H31ClN2O3. The van der Waals surface area contributed by atoms with E-state index in [2.05, 4.69) is 0 Å². The maximum absolute atomic E-state index is 13.3. The molecular weight excluding hydrogens is 364 g/mol. The zero-order valence-corrected chi connectivity index (χ0v) is 17.8. The molecule has 0 N–H and O–H groups in total. The predicted molar refractivity (Wildman–Crippen MR) is 108 cm³/mol. The third-order valence-electron chi connectivity index (χ3n) is 4.59. The highest BCUT2D eigenvalue weighted by atomic mass is 35.5. The van der Waals surface area contributed by atoms with Gasteiger partial charge in [0.25, 0.3) is 0 Å². The SMILES string of the molecule is CC(C)N(Cc1ccc(Cl)cc1)C(=O)[C@H]1CCCCN1C(=O)OC(C)(C)C. The minimum Gasteiger partial charge on any atom is -0.444 e. The van der Waals surface area contributed by atoms with Gasteiger partial charge < -0.3 is 9.64 Å². The fraction of sp³-hybridized carbons (Fsp3) is 0.619. The number of hydrogen-bond donors (Lipinski definition) is 0. The van der Waals surface area contributed by atoms with Crippen LogP contribution in [0.15, 0.2) is 24.3 Å². The van der Waals surface area contributed by atoms with Crippen molar-refractivity contribution in [3.8, 4) is 0 Å². The van der Waals surface area contributed by atoms with E-state index < -0.39 is 17.7 Å². The van der Waals surface area contributed by atoms with Gasteiger partial charge in [-0.3, -0.25) is 9.69 Å². The number of halogens is 1. The number of rotatable bonds is 4. The molecule has 2 amide bonds. The predicted octanol–water partition coefficient (Wildman–Crippen LogP) is 4.87. The van der Waals surface area contributed by atoms with Gasteiger partial charge in [0.2, 0.25) is 5.91 Å². The van der Waals surface area contributed by atoms with Crippen molar-refractivity contribution < 1.29 is 14.3 Å². The van der Waals surface area contributed by atoms with E-state index in [1.54, 1.807) is 4.90 Å². The van der Waals surface area contributed by atoms with Gasteiger partial charge in [-0.2, -0.15) is 0 Å². The lowest BCUT2D eigenvalue weighted by Crippen LogP contribution is -2.55. The van der Waals surface area contributed by atoms with Crippen LogP contribution in [0.3, 0.4) is 0 Å². The first-order valence-corrected chi connectivity index (χ1v) is 10.0. The monoisotopic (exact) mass is 394 g/mol. The number of carbonyl (C=O) groups is 2. The Morgan fingerprint density at radius 3 is 2.41 bits per heavy atom. The lowest BCUT2D eigenvalue weighted by molar-refractivity contribution is -0.140. The van der Waals surface area contributed by atoms with Crippen LogP contribution in [-0.4, -0.2) is 46.0 Å². The molecule has 0 spiro atoms. The molecule has 27 heavy (non-hydrogen) atoms. The third-order valence-corrected chi connectivity index (χ3v) is 4.84. The van der Waals surface area contributed by atoms with Crippen LogP contribution in [0.4, 0.5) is 4.79 Å². The maximum Gasteiger partial charge on any atom is 0.410 e. The summed E-state index contributed by atoms with van der Waals surface area (Å²) >= 11 is 5.96. The molecule has 0 unspecified atom stereocenters. The van der Waals surface area contributed by atoms with E-state index in [-0.39, 0.29) is 11.9 Å². The first kappa shape index (κ1) is 21.5. The van der Waals surface area contributed by atoms with Gasteiger partial charge in [-0.15, -0.1) is 0 Å². The number of nitrogens with zero attached hydrogens (tertiary/aromatic N) is 2. The minimum absolute atomic E-state index is 0.0227. The van der Waals surface area contributed by atoms with E-state index in [1.165, 1.54) is 0 Å². The Labute approximate surface area is 167 Å². The molecule has 150 valence electrons. The minimum atomic E-state index is -0.580. The Kier molecular flexibility index (Phi) is 7.15. The lowest BCUT2D eigenvalue weighted by atomic mass is 10.0. The van der Waals surface area contributed by atoms with Crippen molar-refractivity contribution in [2.24, 2.45) is 0 Å². The Bertz CT molecular complexity index is 652. The molecule has 1 aromatic rings. The van der Waals surface area contributed by atoms with Crippen molar-refractivity contribution in [3.63, 3.8) is 0 Å². The fourth-order valence-electron chi connectivity index (χ4n) is 3.22. The van der Waals surface area contributed by atoms with Crippen molar-refractivity contribution in [2.45, 2.75) is 78.1 Å². The molecule has 1 heterocycles. The molecule has 0 saturated carbocycles. The molecule has 1 fully saturated rings. The zero-order chi connectivity index (χ0) is 20.2. The summed E-state index contributed by atoms with van der Waals surface area (Å²) in [7, 11) is 0. The van der Waals surface area contributed by atoms with E-state index in [1.807, 2.05) is 63.8 Å². The molecule has 1 aromatic carbocycles. The second-order valence-electron chi connectivity index (χ2n) is 8.37. The summed E-state index contributed by atoms with van der Waals surface area (Å²) in [5.74, 6) is -0.0227. The molecule has 1 aliphatic heterocycles. The van der Waals surface area contributed by atoms with Crippen LogP contribution in [-0.2, 0) is 16.1 Å². The number of ether oxygens (including phenoxy) is 1. The van der Waals surface area contributed by atoms with E-state index in [4.69, 9.17) is 16.3 Å². The van der Waals surface area contributed by atoms with E-state index in [9.17, 15) is 9.59 Å². The summed E-state index contributed by atoms with van der Waals surface area (Å²) in [5, 5.41) is 0.671. The molecule has 1 atom stereocenters. The summed E-state index contributed by atoms with van der Waals surface area (Å²) in [6.45, 7) is 10.6. The molecule has 0 aromatic heterocycles. The zero-order valence-electron chi connectivity index (χ0n) is 17.0. The quantitative estimate of drug-likeness (QED) is 0.732. The smallest absolute Gasteiger partial charge is 0.410 e. The Balaban J connectivity index is 2.18. The van der Waals surface area contributed by atoms with E-state index in [0.29, 0.717) is 24.5 Å². The van der Waals surface area contributed by atoms with Crippen LogP contribution >= 0.6 is 11.6 Å². The van der Waals surface area contributed by atoms with Crippen LogP contribution in [0.25, 0.3) is 0 Å². The van der Waals surface area contributed by atoms with Crippen molar-refractivity contribution in [1.29, 1.82) is 0 Å². The lowest BCUT2D eigenvalue weighted by Gasteiger charge is -2.39. The Morgan fingerprint density at radius 1 is 1.22 bits per heavy atom. The molecule has 1 saturated heterocycles. The van der Waals surface area contributed by atoms with E-state index >= 15 is 0 Å². The first-order valence-electron chi connectivity index (χ1n) is 9.63. The van der Waals surface area contributed by atoms with Gasteiger partial charge in [-0.25, -0.2) is 4.79 Å². The largest absolute Gasteiger partial charge is 0.444 e. The third kappa shape index (κ3) is 6.13. The normalized spacial score (nSPS) is 17.7. The van der Waals surface area contributed by atoms with Gasteiger partial charge in [0.1, 0.15) is 11.6 Å². The van der Waals surface area contributed by atoms with E-state index in [0.717, 1.165) is 18.4 Å². The summed E-state index contributed by atoms with van der Waals surface area (Å²) in [6.07, 6.45) is 2.09. The molecule has 0 bridgehead atoms. The average molecular weight is 395 g/mol. The van der Waals surface area contributed by atoms with Crippen molar-refractivity contribution in [3.05, 3.63) is 34.9 Å². The van der Waals surface area contributed by atoms with Crippen molar-refractivity contribution >= 4 is 23.6 Å². The highest BCUT2D eigenvalue weighted by Crippen LogP contribution is 2.24. The van der Waals surface area contributed by atoms with Gasteiger partial charge in [0, 0.05) is 24.2 Å². The summed E-state index contributed by atoms with van der Waals surface area (Å²) < 4.78 is 5.53.